The maximum absolute atomic E-state index is 2.20. The highest BCUT2D eigenvalue weighted by atomic mass is 14.1. The fourth-order valence-corrected chi connectivity index (χ4v) is 1.46. The van der Waals surface area contributed by atoms with Crippen molar-refractivity contribution >= 4 is 0 Å². The van der Waals surface area contributed by atoms with Gasteiger partial charge in [-0.2, -0.15) is 0 Å². The molecule has 0 radical (unpaired) electrons. The average Bonchev–Trinajstić information content (AvgIpc) is 2.12. The Morgan fingerprint density at radius 1 is 0.769 bits per heavy atom. The molecule has 0 aromatic carbocycles. The summed E-state index contributed by atoms with van der Waals surface area (Å²) >= 11 is 0. The minimum absolute atomic E-state index is 1.36. The van der Waals surface area contributed by atoms with Crippen molar-refractivity contribution in [3.63, 3.8) is 0 Å². The molecule has 0 spiro atoms. The second-order valence-electron chi connectivity index (χ2n) is 3.77. The van der Waals surface area contributed by atoms with Crippen molar-refractivity contribution in [1.82, 2.24) is 0 Å². The molecule has 0 heterocycles. The van der Waals surface area contributed by atoms with Crippen LogP contribution in [0.25, 0.3) is 0 Å². The first-order chi connectivity index (χ1) is 6.04. The first-order valence-corrected chi connectivity index (χ1v) is 4.74. The topological polar surface area (TPSA) is 0 Å². The Balaban J connectivity index is 3.30. The molecule has 0 nitrogen and oxygen atoms in total. The minimum atomic E-state index is 1.36. The quantitative estimate of drug-likeness (QED) is 0.517. The largest absolute Gasteiger partial charge is 0.0617 e. The third kappa shape index (κ3) is 2.00. The molecule has 0 unspecified atom stereocenters. The van der Waals surface area contributed by atoms with Crippen LogP contribution in [0.1, 0.15) is 34.6 Å². The lowest BCUT2D eigenvalue weighted by atomic mass is 9.93. The van der Waals surface area contributed by atoms with Gasteiger partial charge in [0.05, 0.1) is 0 Å². The Labute approximate surface area is 81.4 Å². The van der Waals surface area contributed by atoms with E-state index >= 15 is 0 Å². The van der Waals surface area contributed by atoms with Crippen LogP contribution in [-0.2, 0) is 0 Å². The second kappa shape index (κ2) is 3.78. The van der Waals surface area contributed by atoms with Crippen LogP contribution in [0.5, 0.6) is 0 Å². The molecule has 0 aliphatic heterocycles. The molecule has 0 fully saturated rings. The van der Waals surface area contributed by atoms with Crippen LogP contribution >= 0.6 is 0 Å². The third-order valence-electron chi connectivity index (χ3n) is 3.00. The summed E-state index contributed by atoms with van der Waals surface area (Å²) in [5.74, 6) is 0. The summed E-state index contributed by atoms with van der Waals surface area (Å²) in [6, 6.07) is 0. The van der Waals surface area contributed by atoms with Gasteiger partial charge >= 0.3 is 0 Å². The molecule has 70 valence electrons. The summed E-state index contributed by atoms with van der Waals surface area (Å²) in [4.78, 5) is 0. The van der Waals surface area contributed by atoms with Crippen LogP contribution in [0.4, 0.5) is 0 Å². The van der Waals surface area contributed by atoms with Crippen molar-refractivity contribution in [2.24, 2.45) is 0 Å². The van der Waals surface area contributed by atoms with Gasteiger partial charge < -0.3 is 0 Å². The number of hydrogen-bond acceptors (Lipinski definition) is 0. The van der Waals surface area contributed by atoms with E-state index in [1.54, 1.807) is 0 Å². The van der Waals surface area contributed by atoms with E-state index in [1.165, 1.54) is 27.9 Å². The highest BCUT2D eigenvalue weighted by Gasteiger charge is 2.04. The zero-order valence-corrected chi connectivity index (χ0v) is 9.23. The summed E-state index contributed by atoms with van der Waals surface area (Å²) in [6.45, 7) is 10.9. The van der Waals surface area contributed by atoms with Gasteiger partial charge in [-0.15, -0.1) is 0 Å². The van der Waals surface area contributed by atoms with Crippen molar-refractivity contribution in [3.8, 4) is 0 Å². The van der Waals surface area contributed by atoms with Crippen LogP contribution in [0.3, 0.4) is 0 Å². The van der Waals surface area contributed by atoms with Crippen molar-refractivity contribution in [3.05, 3.63) is 46.1 Å². The fraction of sp³-hybridized carbons (Fsp3) is 0.385. The van der Waals surface area contributed by atoms with Gasteiger partial charge in [-0.25, -0.2) is 0 Å². The normalized spacial score (nSPS) is 26.7. The zero-order chi connectivity index (χ0) is 10.0. The molecule has 0 saturated carbocycles. The van der Waals surface area contributed by atoms with Gasteiger partial charge in [-0.05, 0) is 62.5 Å². The summed E-state index contributed by atoms with van der Waals surface area (Å²) in [5, 5.41) is 0. The molecule has 0 aromatic heterocycles. The Bertz CT molecular complexity index is 333. The van der Waals surface area contributed by atoms with Gasteiger partial charge in [-0.1, -0.05) is 18.2 Å². The zero-order valence-electron chi connectivity index (χ0n) is 9.23. The Morgan fingerprint density at radius 3 is 2.00 bits per heavy atom. The molecular weight excluding hydrogens is 156 g/mol. The Kier molecular flexibility index (Phi) is 2.92. The second-order valence-corrected chi connectivity index (χ2v) is 3.77. The van der Waals surface area contributed by atoms with Gasteiger partial charge in [0, 0.05) is 0 Å². The van der Waals surface area contributed by atoms with E-state index in [4.69, 9.17) is 0 Å². The van der Waals surface area contributed by atoms with Crippen LogP contribution in [0.15, 0.2) is 46.1 Å². The molecule has 0 amide bonds. The molecule has 0 atom stereocenters. The standard InChI is InChI=1S/C13H18/c1-9-7-6-8-10(2)12(4)13(5)11(9)3/h6-8H,1-5H3/b7-6-,8-6?,9-7?,10-8?,11-9-,12-10?,13-11?,13-12?. The molecule has 0 bridgehead atoms. The average molecular weight is 174 g/mol. The van der Waals surface area contributed by atoms with Crippen molar-refractivity contribution < 1.29 is 0 Å². The first kappa shape index (κ1) is 10.0. The molecule has 0 N–H and O–H groups in total. The van der Waals surface area contributed by atoms with E-state index in [0.717, 1.165) is 0 Å². The highest BCUT2D eigenvalue weighted by molar-refractivity contribution is 5.48. The highest BCUT2D eigenvalue weighted by Crippen LogP contribution is 2.24. The lowest BCUT2D eigenvalue weighted by Crippen LogP contribution is -1.92. The van der Waals surface area contributed by atoms with E-state index in [2.05, 4.69) is 52.8 Å². The van der Waals surface area contributed by atoms with Gasteiger partial charge in [0.15, 0.2) is 0 Å². The molecule has 0 aromatic rings. The van der Waals surface area contributed by atoms with Crippen LogP contribution in [0, 0.1) is 0 Å². The molecule has 1 rings (SSSR count). The monoisotopic (exact) mass is 174 g/mol. The van der Waals surface area contributed by atoms with E-state index in [1.807, 2.05) is 0 Å². The maximum Gasteiger partial charge on any atom is -0.0392 e. The van der Waals surface area contributed by atoms with Crippen molar-refractivity contribution in [2.75, 3.05) is 0 Å². The Morgan fingerprint density at radius 2 is 1.38 bits per heavy atom. The lowest BCUT2D eigenvalue weighted by molar-refractivity contribution is 1.19. The summed E-state index contributed by atoms with van der Waals surface area (Å²) in [6.07, 6.45) is 6.48. The van der Waals surface area contributed by atoms with Crippen molar-refractivity contribution in [1.29, 1.82) is 0 Å². The molecule has 1 aliphatic carbocycles. The Hall–Kier alpha value is -1.04. The van der Waals surface area contributed by atoms with E-state index in [0.29, 0.717) is 0 Å². The molecule has 0 saturated heterocycles. The molecule has 0 heteroatoms. The fourth-order valence-electron chi connectivity index (χ4n) is 1.46. The predicted molar refractivity (Wildman–Crippen MR) is 59.6 cm³/mol. The van der Waals surface area contributed by atoms with Gasteiger partial charge in [-0.3, -0.25) is 0 Å². The minimum Gasteiger partial charge on any atom is -0.0617 e. The predicted octanol–water partition coefficient (Wildman–Crippen LogP) is 4.18. The van der Waals surface area contributed by atoms with E-state index in [-0.39, 0.29) is 0 Å². The number of rotatable bonds is 0. The van der Waals surface area contributed by atoms with Crippen molar-refractivity contribution in [2.45, 2.75) is 34.6 Å². The smallest absolute Gasteiger partial charge is 0.0392 e. The van der Waals surface area contributed by atoms with E-state index < -0.39 is 0 Å². The third-order valence-corrected chi connectivity index (χ3v) is 3.00. The van der Waals surface area contributed by atoms with E-state index in [9.17, 15) is 0 Å². The summed E-state index contributed by atoms with van der Waals surface area (Å²) in [5.41, 5.74) is 6.94. The maximum atomic E-state index is 2.20. The lowest BCUT2D eigenvalue weighted by Gasteiger charge is -2.12. The van der Waals surface area contributed by atoms with Gasteiger partial charge in [0.25, 0.3) is 0 Å². The van der Waals surface area contributed by atoms with Crippen LogP contribution in [0.2, 0.25) is 0 Å². The van der Waals surface area contributed by atoms with Crippen LogP contribution < -0.4 is 0 Å². The van der Waals surface area contributed by atoms with Gasteiger partial charge in [0.1, 0.15) is 0 Å². The van der Waals surface area contributed by atoms with Gasteiger partial charge in [0.2, 0.25) is 0 Å². The SMILES string of the molecule is CC1=C/C=C\C(C)=C(\C)C(C)=C1C. The molecule has 1 aliphatic rings. The summed E-state index contributed by atoms with van der Waals surface area (Å²) in [7, 11) is 0. The molecular formula is C13H18. The number of hydrogen-bond donors (Lipinski definition) is 0. The molecule has 13 heavy (non-hydrogen) atoms. The van der Waals surface area contributed by atoms with Crippen LogP contribution in [-0.4, -0.2) is 0 Å². The summed E-state index contributed by atoms with van der Waals surface area (Å²) < 4.78 is 0. The first-order valence-electron chi connectivity index (χ1n) is 4.74. The number of allylic oxidation sites excluding steroid dienone is 8.